The summed E-state index contributed by atoms with van der Waals surface area (Å²) in [5.41, 5.74) is 1.95. The smallest absolute Gasteiger partial charge is 0.315 e. The van der Waals surface area contributed by atoms with E-state index in [1.807, 2.05) is 43.0 Å². The number of rotatable bonds is 5. The maximum Gasteiger partial charge on any atom is 0.315 e. The summed E-state index contributed by atoms with van der Waals surface area (Å²) in [7, 11) is 0. The van der Waals surface area contributed by atoms with E-state index in [0.717, 1.165) is 17.7 Å². The molecule has 1 fully saturated rings. The number of carbonyl (C=O) groups excluding carboxylic acids is 1. The average molecular weight is 345 g/mol. The van der Waals surface area contributed by atoms with E-state index in [2.05, 4.69) is 27.6 Å². The SMILES string of the molecule is C[C@H](NC(=O)NC[C@]1(C)CCCS1)c1cccc(-n2cncn2)c1. The second-order valence-corrected chi connectivity index (χ2v) is 8.07. The predicted octanol–water partition coefficient (Wildman–Crippen LogP) is 2.91. The molecule has 2 N–H and O–H groups in total. The lowest BCUT2D eigenvalue weighted by molar-refractivity contribution is 0.237. The molecule has 1 saturated heterocycles. The van der Waals surface area contributed by atoms with E-state index in [-0.39, 0.29) is 16.8 Å². The van der Waals surface area contributed by atoms with E-state index in [1.54, 1.807) is 11.0 Å². The molecule has 24 heavy (non-hydrogen) atoms. The van der Waals surface area contributed by atoms with E-state index in [4.69, 9.17) is 0 Å². The first-order valence-electron chi connectivity index (χ1n) is 8.19. The fourth-order valence-corrected chi connectivity index (χ4v) is 4.10. The summed E-state index contributed by atoms with van der Waals surface area (Å²) in [5.74, 6) is 1.19. The second-order valence-electron chi connectivity index (χ2n) is 6.39. The van der Waals surface area contributed by atoms with Crippen molar-refractivity contribution in [3.63, 3.8) is 0 Å². The quantitative estimate of drug-likeness (QED) is 0.874. The average Bonchev–Trinajstić information content (AvgIpc) is 3.25. The molecule has 2 amide bonds. The Bertz CT molecular complexity index is 682. The maximum atomic E-state index is 12.2. The summed E-state index contributed by atoms with van der Waals surface area (Å²) >= 11 is 1.94. The summed E-state index contributed by atoms with van der Waals surface area (Å²) in [6.45, 7) is 4.90. The van der Waals surface area contributed by atoms with Gasteiger partial charge in [0.05, 0.1) is 11.7 Å². The van der Waals surface area contributed by atoms with Gasteiger partial charge in [-0.2, -0.15) is 16.9 Å². The molecule has 1 aliphatic rings. The molecule has 1 aromatic heterocycles. The lowest BCUT2D eigenvalue weighted by atomic mass is 10.1. The molecule has 2 atom stereocenters. The molecule has 0 radical (unpaired) electrons. The first-order valence-corrected chi connectivity index (χ1v) is 9.18. The standard InChI is InChI=1S/C17H23N5OS/c1-13(21-16(23)19-10-17(2)7-4-8-24-17)14-5-3-6-15(9-14)22-12-18-11-20-22/h3,5-6,9,11-13H,4,7-8,10H2,1-2H3,(H2,19,21,23)/t13-,17-/m0/s1. The third-order valence-electron chi connectivity index (χ3n) is 4.32. The molecule has 1 aromatic carbocycles. The van der Waals surface area contributed by atoms with Crippen molar-refractivity contribution in [1.29, 1.82) is 0 Å². The largest absolute Gasteiger partial charge is 0.337 e. The second kappa shape index (κ2) is 7.25. The van der Waals surface area contributed by atoms with Gasteiger partial charge in [-0.1, -0.05) is 12.1 Å². The van der Waals surface area contributed by atoms with Gasteiger partial charge in [-0.05, 0) is 50.1 Å². The van der Waals surface area contributed by atoms with Crippen molar-refractivity contribution in [2.75, 3.05) is 12.3 Å². The van der Waals surface area contributed by atoms with Crippen molar-refractivity contribution in [3.05, 3.63) is 42.5 Å². The van der Waals surface area contributed by atoms with Crippen LogP contribution >= 0.6 is 11.8 Å². The minimum absolute atomic E-state index is 0.0856. The van der Waals surface area contributed by atoms with Gasteiger partial charge in [0.2, 0.25) is 0 Å². The molecule has 7 heteroatoms. The topological polar surface area (TPSA) is 71.8 Å². The van der Waals surface area contributed by atoms with Crippen LogP contribution in [0, 0.1) is 0 Å². The Labute approximate surface area is 146 Å². The molecular weight excluding hydrogens is 322 g/mol. The van der Waals surface area contributed by atoms with Crippen LogP contribution in [0.15, 0.2) is 36.9 Å². The number of thioether (sulfide) groups is 1. The first-order chi connectivity index (χ1) is 11.6. The van der Waals surface area contributed by atoms with E-state index in [9.17, 15) is 4.79 Å². The number of urea groups is 1. The molecule has 2 heterocycles. The van der Waals surface area contributed by atoms with Gasteiger partial charge in [0, 0.05) is 11.3 Å². The van der Waals surface area contributed by atoms with Crippen molar-refractivity contribution in [1.82, 2.24) is 25.4 Å². The molecule has 3 rings (SSSR count). The molecule has 6 nitrogen and oxygen atoms in total. The van der Waals surface area contributed by atoms with Gasteiger partial charge < -0.3 is 10.6 Å². The minimum atomic E-state index is -0.123. The normalized spacial score (nSPS) is 21.4. The number of carbonyl (C=O) groups is 1. The molecule has 0 spiro atoms. The van der Waals surface area contributed by atoms with Crippen LogP contribution in [0.5, 0.6) is 0 Å². The summed E-state index contributed by atoms with van der Waals surface area (Å²) in [6, 6.07) is 7.72. The van der Waals surface area contributed by atoms with E-state index in [1.165, 1.54) is 18.5 Å². The van der Waals surface area contributed by atoms with Crippen LogP contribution in [0.4, 0.5) is 4.79 Å². The molecule has 0 bridgehead atoms. The number of nitrogens with one attached hydrogen (secondary N) is 2. The van der Waals surface area contributed by atoms with Crippen LogP contribution in [0.25, 0.3) is 5.69 Å². The van der Waals surface area contributed by atoms with Gasteiger partial charge in [-0.25, -0.2) is 14.5 Å². The van der Waals surface area contributed by atoms with Crippen LogP contribution in [-0.4, -0.2) is 37.8 Å². The van der Waals surface area contributed by atoms with Gasteiger partial charge in [-0.15, -0.1) is 0 Å². The Morgan fingerprint density at radius 3 is 3.08 bits per heavy atom. The molecule has 2 aromatic rings. The van der Waals surface area contributed by atoms with Gasteiger partial charge in [-0.3, -0.25) is 0 Å². The Hall–Kier alpha value is -2.02. The zero-order chi connectivity index (χ0) is 17.0. The summed E-state index contributed by atoms with van der Waals surface area (Å²) < 4.78 is 1.88. The molecule has 0 unspecified atom stereocenters. The number of benzene rings is 1. The fraction of sp³-hybridized carbons (Fsp3) is 0.471. The van der Waals surface area contributed by atoms with Gasteiger partial charge in [0.15, 0.2) is 0 Å². The van der Waals surface area contributed by atoms with E-state index < -0.39 is 0 Å². The summed E-state index contributed by atoms with van der Waals surface area (Å²) in [6.07, 6.45) is 5.55. The number of amides is 2. The number of aromatic nitrogens is 3. The molecule has 0 aliphatic carbocycles. The number of nitrogens with zero attached hydrogens (tertiary/aromatic N) is 3. The maximum absolute atomic E-state index is 12.2. The molecule has 128 valence electrons. The highest BCUT2D eigenvalue weighted by molar-refractivity contribution is 8.00. The number of hydrogen-bond donors (Lipinski definition) is 2. The highest BCUT2D eigenvalue weighted by Gasteiger charge is 2.29. The van der Waals surface area contributed by atoms with Crippen LogP contribution in [0.1, 0.15) is 38.3 Å². The van der Waals surface area contributed by atoms with E-state index in [0.29, 0.717) is 6.54 Å². The lowest BCUT2D eigenvalue weighted by Gasteiger charge is -2.24. The first kappa shape index (κ1) is 16.8. The Morgan fingerprint density at radius 1 is 1.50 bits per heavy atom. The lowest BCUT2D eigenvalue weighted by Crippen LogP contribution is -2.43. The fourth-order valence-electron chi connectivity index (χ4n) is 2.85. The van der Waals surface area contributed by atoms with Crippen molar-refractivity contribution in [3.8, 4) is 5.69 Å². The Balaban J connectivity index is 1.57. The zero-order valence-corrected chi connectivity index (χ0v) is 14.8. The molecule has 1 aliphatic heterocycles. The molecule has 0 saturated carbocycles. The van der Waals surface area contributed by atoms with Gasteiger partial charge >= 0.3 is 6.03 Å². The minimum Gasteiger partial charge on any atom is -0.337 e. The zero-order valence-electron chi connectivity index (χ0n) is 14.0. The van der Waals surface area contributed by atoms with Crippen molar-refractivity contribution in [2.24, 2.45) is 0 Å². The van der Waals surface area contributed by atoms with Crippen LogP contribution < -0.4 is 10.6 Å². The Kier molecular flexibility index (Phi) is 5.08. The van der Waals surface area contributed by atoms with Gasteiger partial charge in [0.1, 0.15) is 12.7 Å². The highest BCUT2D eigenvalue weighted by Crippen LogP contribution is 2.36. The van der Waals surface area contributed by atoms with Crippen LogP contribution in [-0.2, 0) is 0 Å². The van der Waals surface area contributed by atoms with E-state index >= 15 is 0 Å². The van der Waals surface area contributed by atoms with Gasteiger partial charge in [0.25, 0.3) is 0 Å². The van der Waals surface area contributed by atoms with Crippen molar-refractivity contribution in [2.45, 2.75) is 37.5 Å². The Morgan fingerprint density at radius 2 is 2.38 bits per heavy atom. The number of hydrogen-bond acceptors (Lipinski definition) is 4. The highest BCUT2D eigenvalue weighted by atomic mass is 32.2. The molecular formula is C17H23N5OS. The predicted molar refractivity (Wildman–Crippen MR) is 96.4 cm³/mol. The van der Waals surface area contributed by atoms with Crippen LogP contribution in [0.3, 0.4) is 0 Å². The summed E-state index contributed by atoms with van der Waals surface area (Å²) in [5, 5.41) is 10.1. The van der Waals surface area contributed by atoms with Crippen molar-refractivity contribution < 1.29 is 4.79 Å². The van der Waals surface area contributed by atoms with Crippen molar-refractivity contribution >= 4 is 17.8 Å². The monoisotopic (exact) mass is 345 g/mol. The third-order valence-corrected chi connectivity index (χ3v) is 5.86. The third kappa shape index (κ3) is 4.08. The van der Waals surface area contributed by atoms with Crippen LogP contribution in [0.2, 0.25) is 0 Å². The summed E-state index contributed by atoms with van der Waals surface area (Å²) in [4.78, 5) is 16.1.